The number of fused-ring (bicyclic) bond motifs is 1. The Morgan fingerprint density at radius 2 is 2.29 bits per heavy atom. The number of hydrogen-bond acceptors (Lipinski definition) is 4. The molecule has 2 aliphatic heterocycles. The number of carbonyl (C=O) groups is 1. The molecule has 0 aliphatic carbocycles. The molecule has 0 aromatic rings. The van der Waals surface area contributed by atoms with Crippen molar-refractivity contribution >= 4 is 5.78 Å². The van der Waals surface area contributed by atoms with Crippen LogP contribution in [0.25, 0.3) is 0 Å². The van der Waals surface area contributed by atoms with Crippen molar-refractivity contribution in [3.8, 4) is 0 Å². The zero-order valence-corrected chi connectivity index (χ0v) is 9.00. The minimum absolute atomic E-state index is 0.216. The predicted octanol–water partition coefficient (Wildman–Crippen LogP) is -0.364. The molecule has 0 radical (unpaired) electrons. The van der Waals surface area contributed by atoms with Gasteiger partial charge in [0, 0.05) is 39.8 Å². The van der Waals surface area contributed by atoms with Crippen LogP contribution in [-0.4, -0.2) is 54.9 Å². The molecule has 2 aliphatic rings. The van der Waals surface area contributed by atoms with Crippen LogP contribution >= 0.6 is 0 Å². The average Bonchev–Trinajstić information content (AvgIpc) is 2.40. The highest BCUT2D eigenvalue weighted by molar-refractivity contribution is 6.01. The second-order valence-corrected chi connectivity index (χ2v) is 4.36. The van der Waals surface area contributed by atoms with E-state index in [2.05, 4.69) is 10.2 Å². The SMILES string of the molecule is CN(C)C1=CC(=O)C2(C)CNCCN12. The molecule has 0 aromatic carbocycles. The second-order valence-electron chi connectivity index (χ2n) is 4.36. The summed E-state index contributed by atoms with van der Waals surface area (Å²) >= 11 is 0. The van der Waals surface area contributed by atoms with Gasteiger partial charge < -0.3 is 15.1 Å². The molecule has 14 heavy (non-hydrogen) atoms. The van der Waals surface area contributed by atoms with Crippen molar-refractivity contribution in [3.63, 3.8) is 0 Å². The van der Waals surface area contributed by atoms with Crippen LogP contribution in [0, 0.1) is 0 Å². The third kappa shape index (κ3) is 1.14. The molecular weight excluding hydrogens is 178 g/mol. The van der Waals surface area contributed by atoms with Gasteiger partial charge in [0.25, 0.3) is 0 Å². The smallest absolute Gasteiger partial charge is 0.185 e. The van der Waals surface area contributed by atoms with E-state index in [0.29, 0.717) is 0 Å². The lowest BCUT2D eigenvalue weighted by Gasteiger charge is -2.43. The van der Waals surface area contributed by atoms with Gasteiger partial charge in [-0.3, -0.25) is 4.79 Å². The van der Waals surface area contributed by atoms with Crippen molar-refractivity contribution in [2.24, 2.45) is 0 Å². The Morgan fingerprint density at radius 3 is 2.93 bits per heavy atom. The molecule has 0 spiro atoms. The summed E-state index contributed by atoms with van der Waals surface area (Å²) in [5.74, 6) is 1.26. The maximum absolute atomic E-state index is 11.9. The first-order valence-corrected chi connectivity index (χ1v) is 4.97. The van der Waals surface area contributed by atoms with E-state index in [1.54, 1.807) is 6.08 Å². The summed E-state index contributed by atoms with van der Waals surface area (Å²) in [4.78, 5) is 16.1. The molecule has 2 heterocycles. The van der Waals surface area contributed by atoms with E-state index in [0.717, 1.165) is 25.5 Å². The van der Waals surface area contributed by atoms with Gasteiger partial charge in [-0.1, -0.05) is 0 Å². The number of piperazine rings is 1. The Bertz CT molecular complexity index is 298. The van der Waals surface area contributed by atoms with Crippen LogP contribution in [0.1, 0.15) is 6.92 Å². The first-order valence-electron chi connectivity index (χ1n) is 4.97. The maximum Gasteiger partial charge on any atom is 0.185 e. The van der Waals surface area contributed by atoms with Crippen LogP contribution in [0.4, 0.5) is 0 Å². The van der Waals surface area contributed by atoms with Crippen LogP contribution in [-0.2, 0) is 4.79 Å². The number of ketones is 1. The van der Waals surface area contributed by atoms with Crippen LogP contribution in [0.3, 0.4) is 0 Å². The molecule has 0 bridgehead atoms. The summed E-state index contributed by atoms with van der Waals surface area (Å²) in [6.45, 7) is 4.62. The van der Waals surface area contributed by atoms with Crippen LogP contribution < -0.4 is 5.32 Å². The third-order valence-corrected chi connectivity index (χ3v) is 3.10. The molecule has 2 rings (SSSR count). The van der Waals surface area contributed by atoms with Crippen LogP contribution in [0.5, 0.6) is 0 Å². The third-order valence-electron chi connectivity index (χ3n) is 3.10. The van der Waals surface area contributed by atoms with E-state index >= 15 is 0 Å². The van der Waals surface area contributed by atoms with Crippen molar-refractivity contribution in [3.05, 3.63) is 11.9 Å². The number of carbonyl (C=O) groups excluding carboxylic acids is 1. The van der Waals surface area contributed by atoms with Gasteiger partial charge in [-0.2, -0.15) is 0 Å². The minimum Gasteiger partial charge on any atom is -0.364 e. The standard InChI is InChI=1S/C10H17N3O/c1-10-7-11-4-5-13(10)9(12(2)3)6-8(10)14/h6,11H,4-5,7H2,1-3H3. The molecule has 4 nitrogen and oxygen atoms in total. The fraction of sp³-hybridized carbons (Fsp3) is 0.700. The number of nitrogens with one attached hydrogen (secondary N) is 1. The lowest BCUT2D eigenvalue weighted by atomic mass is 9.96. The number of nitrogens with zero attached hydrogens (tertiary/aromatic N) is 2. The highest BCUT2D eigenvalue weighted by Gasteiger charge is 2.46. The lowest BCUT2D eigenvalue weighted by molar-refractivity contribution is -0.123. The fourth-order valence-electron chi connectivity index (χ4n) is 2.17. The Hall–Kier alpha value is -1.03. The van der Waals surface area contributed by atoms with E-state index in [9.17, 15) is 4.79 Å². The molecule has 1 unspecified atom stereocenters. The molecule has 0 saturated carbocycles. The van der Waals surface area contributed by atoms with Crippen molar-refractivity contribution in [1.29, 1.82) is 0 Å². The maximum atomic E-state index is 11.9. The highest BCUT2D eigenvalue weighted by atomic mass is 16.1. The van der Waals surface area contributed by atoms with Gasteiger partial charge in [-0.15, -0.1) is 0 Å². The van der Waals surface area contributed by atoms with Gasteiger partial charge in [0.15, 0.2) is 5.78 Å². The molecule has 1 atom stereocenters. The normalized spacial score (nSPS) is 31.5. The summed E-state index contributed by atoms with van der Waals surface area (Å²) in [5.41, 5.74) is -0.349. The molecule has 78 valence electrons. The monoisotopic (exact) mass is 195 g/mol. The van der Waals surface area contributed by atoms with Gasteiger partial charge in [0.05, 0.1) is 0 Å². The lowest BCUT2D eigenvalue weighted by Crippen LogP contribution is -2.60. The first-order chi connectivity index (χ1) is 6.55. The largest absolute Gasteiger partial charge is 0.364 e. The zero-order chi connectivity index (χ0) is 10.3. The molecule has 1 fully saturated rings. The Kier molecular flexibility index (Phi) is 2.03. The van der Waals surface area contributed by atoms with Gasteiger partial charge in [-0.25, -0.2) is 0 Å². The van der Waals surface area contributed by atoms with Crippen molar-refractivity contribution < 1.29 is 4.79 Å². The predicted molar refractivity (Wildman–Crippen MR) is 54.8 cm³/mol. The van der Waals surface area contributed by atoms with Crippen molar-refractivity contribution in [2.45, 2.75) is 12.5 Å². The zero-order valence-electron chi connectivity index (χ0n) is 9.00. The minimum atomic E-state index is -0.349. The van der Waals surface area contributed by atoms with Gasteiger partial charge in [0.1, 0.15) is 11.4 Å². The molecule has 0 amide bonds. The van der Waals surface area contributed by atoms with Gasteiger partial charge in [-0.05, 0) is 6.92 Å². The van der Waals surface area contributed by atoms with E-state index < -0.39 is 0 Å². The molecule has 0 aromatic heterocycles. The second kappa shape index (κ2) is 2.98. The Labute approximate surface area is 84.6 Å². The average molecular weight is 195 g/mol. The summed E-state index contributed by atoms with van der Waals surface area (Å²) < 4.78 is 0. The fourth-order valence-corrected chi connectivity index (χ4v) is 2.17. The van der Waals surface area contributed by atoms with E-state index in [-0.39, 0.29) is 11.3 Å². The molecule has 1 N–H and O–H groups in total. The van der Waals surface area contributed by atoms with Crippen molar-refractivity contribution in [1.82, 2.24) is 15.1 Å². The van der Waals surface area contributed by atoms with E-state index in [1.165, 1.54) is 0 Å². The van der Waals surface area contributed by atoms with Gasteiger partial charge >= 0.3 is 0 Å². The van der Waals surface area contributed by atoms with Crippen molar-refractivity contribution in [2.75, 3.05) is 33.7 Å². The summed E-state index contributed by atoms with van der Waals surface area (Å²) in [7, 11) is 3.96. The number of hydrogen-bond donors (Lipinski definition) is 1. The summed E-state index contributed by atoms with van der Waals surface area (Å²) in [6, 6.07) is 0. The Morgan fingerprint density at radius 1 is 1.57 bits per heavy atom. The summed E-state index contributed by atoms with van der Waals surface area (Å²) in [6.07, 6.45) is 1.76. The van der Waals surface area contributed by atoms with Crippen LogP contribution in [0.15, 0.2) is 11.9 Å². The van der Waals surface area contributed by atoms with Gasteiger partial charge in [0.2, 0.25) is 0 Å². The molecule has 4 heteroatoms. The molecule has 1 saturated heterocycles. The summed E-state index contributed by atoms with van der Waals surface area (Å²) in [5, 5.41) is 3.27. The van der Waals surface area contributed by atoms with Crippen LogP contribution in [0.2, 0.25) is 0 Å². The highest BCUT2D eigenvalue weighted by Crippen LogP contribution is 2.30. The molecular formula is C10H17N3O. The van der Waals surface area contributed by atoms with E-state index in [1.807, 2.05) is 25.9 Å². The topological polar surface area (TPSA) is 35.6 Å². The van der Waals surface area contributed by atoms with E-state index in [4.69, 9.17) is 0 Å². The number of rotatable bonds is 1. The quantitative estimate of drug-likeness (QED) is 0.619. The Balaban J connectivity index is 2.32. The first kappa shape index (κ1) is 9.52.